The summed E-state index contributed by atoms with van der Waals surface area (Å²) < 4.78 is 1.71. The van der Waals surface area contributed by atoms with Gasteiger partial charge >= 0.3 is 0 Å². The highest BCUT2D eigenvalue weighted by molar-refractivity contribution is 5.93. The van der Waals surface area contributed by atoms with Gasteiger partial charge in [0.2, 0.25) is 0 Å². The van der Waals surface area contributed by atoms with E-state index in [1.807, 2.05) is 0 Å². The summed E-state index contributed by atoms with van der Waals surface area (Å²) in [4.78, 5) is 18.8. The van der Waals surface area contributed by atoms with Crippen molar-refractivity contribution < 1.29 is 4.79 Å². The van der Waals surface area contributed by atoms with Crippen LogP contribution in [-0.4, -0.2) is 27.0 Å². The molecule has 6 nitrogen and oxygen atoms in total. The summed E-state index contributed by atoms with van der Waals surface area (Å²) in [7, 11) is 1.79. The molecule has 0 fully saturated rings. The van der Waals surface area contributed by atoms with Crippen LogP contribution in [-0.2, 0) is 13.5 Å². The molecule has 4 N–H and O–H groups in total. The molecular formula is C11H15N5O. The van der Waals surface area contributed by atoms with Gasteiger partial charge in [-0.2, -0.15) is 0 Å². The van der Waals surface area contributed by atoms with E-state index in [1.54, 1.807) is 36.3 Å². The van der Waals surface area contributed by atoms with Crippen molar-refractivity contribution in [2.24, 2.45) is 7.05 Å². The summed E-state index contributed by atoms with van der Waals surface area (Å²) in [5, 5.41) is 2.82. The lowest BCUT2D eigenvalue weighted by molar-refractivity contribution is 0.0946. The standard InChI is InChI=1S/C11H15N5O/c1-16-7-8(12)6-9(16)11(17)15-3-2-10-13-4-5-14-10/h4-7H,2-3,12H2,1H3,(H,13,14)(H,15,17). The molecule has 0 radical (unpaired) electrons. The van der Waals surface area contributed by atoms with Crippen LogP contribution in [0.5, 0.6) is 0 Å². The number of carbonyl (C=O) groups is 1. The maximum absolute atomic E-state index is 11.8. The fourth-order valence-electron chi connectivity index (χ4n) is 1.64. The average Bonchev–Trinajstić information content (AvgIpc) is 2.88. The van der Waals surface area contributed by atoms with Gasteiger partial charge in [-0.05, 0) is 6.07 Å². The largest absolute Gasteiger partial charge is 0.397 e. The molecule has 2 aromatic rings. The molecular weight excluding hydrogens is 218 g/mol. The van der Waals surface area contributed by atoms with E-state index in [-0.39, 0.29) is 5.91 Å². The number of nitrogens with two attached hydrogens (primary N) is 1. The van der Waals surface area contributed by atoms with E-state index in [4.69, 9.17) is 5.73 Å². The average molecular weight is 233 g/mol. The van der Waals surface area contributed by atoms with Crippen LogP contribution in [0.3, 0.4) is 0 Å². The highest BCUT2D eigenvalue weighted by atomic mass is 16.1. The Kier molecular flexibility index (Phi) is 3.13. The van der Waals surface area contributed by atoms with Crippen LogP contribution < -0.4 is 11.1 Å². The summed E-state index contributed by atoms with van der Waals surface area (Å²) >= 11 is 0. The zero-order chi connectivity index (χ0) is 12.3. The Hall–Kier alpha value is -2.24. The van der Waals surface area contributed by atoms with Crippen molar-refractivity contribution in [1.29, 1.82) is 0 Å². The first-order valence-corrected chi connectivity index (χ1v) is 5.35. The summed E-state index contributed by atoms with van der Waals surface area (Å²) in [6.45, 7) is 0.539. The minimum atomic E-state index is -0.129. The number of anilines is 1. The first kappa shape index (κ1) is 11.3. The van der Waals surface area contributed by atoms with Gasteiger partial charge in [0.25, 0.3) is 5.91 Å². The van der Waals surface area contributed by atoms with Gasteiger partial charge in [-0.15, -0.1) is 0 Å². The van der Waals surface area contributed by atoms with Gasteiger partial charge in [0.05, 0.1) is 5.69 Å². The van der Waals surface area contributed by atoms with Crippen molar-refractivity contribution in [2.75, 3.05) is 12.3 Å². The van der Waals surface area contributed by atoms with Crippen LogP contribution in [0.15, 0.2) is 24.7 Å². The molecule has 0 aliphatic carbocycles. The number of amides is 1. The summed E-state index contributed by atoms with van der Waals surface area (Å²) in [5.41, 5.74) is 6.75. The molecule has 2 rings (SSSR count). The molecule has 0 spiro atoms. The first-order chi connectivity index (χ1) is 8.16. The zero-order valence-corrected chi connectivity index (χ0v) is 9.60. The predicted octanol–water partition coefficient (Wildman–Crippen LogP) is 0.303. The number of hydrogen-bond donors (Lipinski definition) is 3. The van der Waals surface area contributed by atoms with Gasteiger partial charge in [-0.25, -0.2) is 4.98 Å². The fourth-order valence-corrected chi connectivity index (χ4v) is 1.64. The Morgan fingerprint density at radius 2 is 2.47 bits per heavy atom. The minimum Gasteiger partial charge on any atom is -0.397 e. The number of H-pyrrole nitrogens is 1. The van der Waals surface area contributed by atoms with Crippen LogP contribution in [0, 0.1) is 0 Å². The number of carbonyl (C=O) groups excluding carboxylic acids is 1. The lowest BCUT2D eigenvalue weighted by Crippen LogP contribution is -2.27. The van der Waals surface area contributed by atoms with Gasteiger partial charge in [-0.3, -0.25) is 4.79 Å². The molecule has 2 aromatic heterocycles. The van der Waals surface area contributed by atoms with E-state index in [2.05, 4.69) is 15.3 Å². The molecule has 0 saturated carbocycles. The van der Waals surface area contributed by atoms with E-state index < -0.39 is 0 Å². The van der Waals surface area contributed by atoms with Crippen molar-refractivity contribution in [1.82, 2.24) is 19.9 Å². The highest BCUT2D eigenvalue weighted by Crippen LogP contribution is 2.08. The van der Waals surface area contributed by atoms with E-state index in [0.717, 1.165) is 5.82 Å². The Bertz CT molecular complexity index is 500. The van der Waals surface area contributed by atoms with Crippen molar-refractivity contribution in [2.45, 2.75) is 6.42 Å². The third-order valence-corrected chi connectivity index (χ3v) is 2.46. The molecule has 0 aromatic carbocycles. The number of aromatic nitrogens is 3. The quantitative estimate of drug-likeness (QED) is 0.709. The van der Waals surface area contributed by atoms with Crippen LogP contribution in [0.4, 0.5) is 5.69 Å². The Morgan fingerprint density at radius 3 is 3.06 bits per heavy atom. The molecule has 0 bridgehead atoms. The monoisotopic (exact) mass is 233 g/mol. The van der Waals surface area contributed by atoms with Crippen LogP contribution in [0.2, 0.25) is 0 Å². The van der Waals surface area contributed by atoms with Crippen LogP contribution in [0.25, 0.3) is 0 Å². The lowest BCUT2D eigenvalue weighted by atomic mass is 10.3. The van der Waals surface area contributed by atoms with Crippen molar-refractivity contribution in [3.05, 3.63) is 36.2 Å². The van der Waals surface area contributed by atoms with Gasteiger partial charge in [0.1, 0.15) is 11.5 Å². The molecule has 0 aliphatic heterocycles. The maximum Gasteiger partial charge on any atom is 0.267 e. The van der Waals surface area contributed by atoms with Crippen molar-refractivity contribution in [3.63, 3.8) is 0 Å². The van der Waals surface area contributed by atoms with E-state index in [9.17, 15) is 4.79 Å². The SMILES string of the molecule is Cn1cc(N)cc1C(=O)NCCc1ncc[nH]1. The molecule has 6 heteroatoms. The molecule has 0 unspecified atom stereocenters. The number of hydrogen-bond acceptors (Lipinski definition) is 3. The third-order valence-electron chi connectivity index (χ3n) is 2.46. The maximum atomic E-state index is 11.8. The lowest BCUT2D eigenvalue weighted by Gasteiger charge is -2.04. The zero-order valence-electron chi connectivity index (χ0n) is 9.60. The number of nitrogens with zero attached hydrogens (tertiary/aromatic N) is 2. The smallest absolute Gasteiger partial charge is 0.267 e. The number of nitrogens with one attached hydrogen (secondary N) is 2. The first-order valence-electron chi connectivity index (χ1n) is 5.35. The topological polar surface area (TPSA) is 88.7 Å². The number of nitrogen functional groups attached to an aromatic ring is 1. The van der Waals surface area contributed by atoms with Gasteiger partial charge in [0, 0.05) is 38.6 Å². The molecule has 0 saturated heterocycles. The molecule has 0 atom stereocenters. The van der Waals surface area contributed by atoms with E-state index in [1.165, 1.54) is 0 Å². The van der Waals surface area contributed by atoms with Crippen LogP contribution >= 0.6 is 0 Å². The molecule has 1 amide bonds. The molecule has 2 heterocycles. The molecule has 17 heavy (non-hydrogen) atoms. The molecule has 90 valence electrons. The van der Waals surface area contributed by atoms with Crippen LogP contribution in [0.1, 0.15) is 16.3 Å². The number of aryl methyl sites for hydroxylation is 1. The Morgan fingerprint density at radius 1 is 1.65 bits per heavy atom. The van der Waals surface area contributed by atoms with E-state index in [0.29, 0.717) is 24.3 Å². The van der Waals surface area contributed by atoms with Crippen molar-refractivity contribution >= 4 is 11.6 Å². The second kappa shape index (κ2) is 4.73. The number of imidazole rings is 1. The normalized spacial score (nSPS) is 10.4. The number of aromatic amines is 1. The highest BCUT2D eigenvalue weighted by Gasteiger charge is 2.10. The predicted molar refractivity (Wildman–Crippen MR) is 64.5 cm³/mol. The second-order valence-corrected chi connectivity index (χ2v) is 3.81. The molecule has 0 aliphatic rings. The van der Waals surface area contributed by atoms with E-state index >= 15 is 0 Å². The summed E-state index contributed by atoms with van der Waals surface area (Å²) in [6, 6.07) is 1.65. The van der Waals surface area contributed by atoms with Gasteiger partial charge < -0.3 is 20.6 Å². The Balaban J connectivity index is 1.87. The fraction of sp³-hybridized carbons (Fsp3) is 0.273. The van der Waals surface area contributed by atoms with Gasteiger partial charge in [0.15, 0.2) is 0 Å². The number of rotatable bonds is 4. The third kappa shape index (κ3) is 2.66. The minimum absolute atomic E-state index is 0.129. The second-order valence-electron chi connectivity index (χ2n) is 3.81. The van der Waals surface area contributed by atoms with Crippen molar-refractivity contribution in [3.8, 4) is 0 Å². The summed E-state index contributed by atoms with van der Waals surface area (Å²) in [5.74, 6) is 0.729. The van der Waals surface area contributed by atoms with Gasteiger partial charge in [-0.1, -0.05) is 0 Å². The summed E-state index contributed by atoms with van der Waals surface area (Å²) in [6.07, 6.45) is 5.84. The Labute approximate surface area is 98.8 Å².